The molecule has 1 N–H and O–H groups in total. The summed E-state index contributed by atoms with van der Waals surface area (Å²) >= 11 is 0. The van der Waals surface area contributed by atoms with Gasteiger partial charge in [-0.2, -0.15) is 0 Å². The summed E-state index contributed by atoms with van der Waals surface area (Å²) in [6.45, 7) is 1.64. The number of amides is 1. The van der Waals surface area contributed by atoms with Crippen LogP contribution in [0.15, 0.2) is 41.7 Å². The largest absolute Gasteiger partial charge is 0.465 e. The number of ether oxygens (including phenoxy) is 3. The van der Waals surface area contributed by atoms with Crippen LogP contribution in [0.5, 0.6) is 0 Å². The van der Waals surface area contributed by atoms with E-state index in [1.54, 1.807) is 25.1 Å². The number of fused-ring (bicyclic) bond motifs is 3. The van der Waals surface area contributed by atoms with E-state index in [1.165, 1.54) is 13.4 Å². The molecular weight excluding hydrogens is 338 g/mol. The first-order valence-corrected chi connectivity index (χ1v) is 8.25. The van der Waals surface area contributed by atoms with Crippen LogP contribution >= 0.6 is 0 Å². The first-order valence-electron chi connectivity index (χ1n) is 8.25. The van der Waals surface area contributed by atoms with E-state index in [0.29, 0.717) is 23.1 Å². The number of rotatable bonds is 3. The second-order valence-electron chi connectivity index (χ2n) is 6.50. The van der Waals surface area contributed by atoms with Crippen molar-refractivity contribution in [3.05, 3.63) is 58.4 Å². The summed E-state index contributed by atoms with van der Waals surface area (Å²) < 4.78 is 15.2. The Hall–Kier alpha value is -3.09. The molecule has 1 fully saturated rings. The molecule has 2 aliphatic heterocycles. The zero-order valence-electron chi connectivity index (χ0n) is 14.3. The van der Waals surface area contributed by atoms with E-state index in [2.05, 4.69) is 5.32 Å². The summed E-state index contributed by atoms with van der Waals surface area (Å²) in [4.78, 5) is 35.5. The number of esters is 2. The van der Waals surface area contributed by atoms with Gasteiger partial charge in [0.25, 0.3) is 12.2 Å². The van der Waals surface area contributed by atoms with Crippen molar-refractivity contribution in [2.24, 2.45) is 5.92 Å². The predicted octanol–water partition coefficient (Wildman–Crippen LogP) is 1.55. The van der Waals surface area contributed by atoms with Gasteiger partial charge < -0.3 is 19.5 Å². The Labute approximate surface area is 149 Å². The third-order valence-corrected chi connectivity index (χ3v) is 4.95. The van der Waals surface area contributed by atoms with Gasteiger partial charge in [-0.15, -0.1) is 0 Å². The standard InChI is InChI=1S/C19H17NO6/c1-9-5-15(26-18(9)22)25-8-14-13-6-10-3-4-11(19(23)24-2)7-12(10)16(13)20-17(14)21/h3-5,7-8,13,15-16H,6H2,1-2H3,(H,20,21)/b14-8+/t13-,15+,16-/m1/s1. The van der Waals surface area contributed by atoms with Crippen LogP contribution in [0, 0.1) is 5.92 Å². The van der Waals surface area contributed by atoms with Gasteiger partial charge in [0.05, 0.1) is 30.6 Å². The maximum atomic E-state index is 12.3. The first kappa shape index (κ1) is 16.4. The SMILES string of the molecule is COC(=O)c1ccc2c(c1)[C@H]1NC(=O)/C(=C/O[C@@H]3C=C(C)C(=O)O3)[C@H]1C2. The Morgan fingerprint density at radius 1 is 1.35 bits per heavy atom. The highest BCUT2D eigenvalue weighted by atomic mass is 16.7. The van der Waals surface area contributed by atoms with E-state index < -0.39 is 18.2 Å². The number of carbonyl (C=O) groups is 3. The minimum atomic E-state index is -0.809. The van der Waals surface area contributed by atoms with Gasteiger partial charge in [-0.1, -0.05) is 6.07 Å². The Bertz CT molecular complexity index is 884. The second-order valence-corrected chi connectivity index (χ2v) is 6.50. The molecule has 0 aromatic heterocycles. The van der Waals surface area contributed by atoms with Crippen molar-refractivity contribution >= 4 is 17.8 Å². The molecule has 1 amide bonds. The van der Waals surface area contributed by atoms with E-state index in [-0.39, 0.29) is 17.9 Å². The summed E-state index contributed by atoms with van der Waals surface area (Å²) in [6, 6.07) is 5.16. The quantitative estimate of drug-likeness (QED) is 0.503. The summed E-state index contributed by atoms with van der Waals surface area (Å²) in [5.41, 5.74) is 3.41. The highest BCUT2D eigenvalue weighted by Crippen LogP contribution is 2.44. The molecule has 4 rings (SSSR count). The van der Waals surface area contributed by atoms with Crippen molar-refractivity contribution in [1.82, 2.24) is 5.32 Å². The topological polar surface area (TPSA) is 90.9 Å². The molecule has 3 atom stereocenters. The molecule has 1 aliphatic carbocycles. The molecule has 0 bridgehead atoms. The molecule has 134 valence electrons. The van der Waals surface area contributed by atoms with Gasteiger partial charge in [0.1, 0.15) is 0 Å². The summed E-state index contributed by atoms with van der Waals surface area (Å²) in [5.74, 6) is -1.15. The Morgan fingerprint density at radius 3 is 2.85 bits per heavy atom. The van der Waals surface area contributed by atoms with E-state index >= 15 is 0 Å². The lowest BCUT2D eigenvalue weighted by Crippen LogP contribution is -2.19. The van der Waals surface area contributed by atoms with Crippen LogP contribution in [-0.4, -0.2) is 31.2 Å². The molecule has 3 aliphatic rings. The van der Waals surface area contributed by atoms with Crippen LogP contribution in [0.2, 0.25) is 0 Å². The molecule has 1 saturated heterocycles. The number of nitrogens with one attached hydrogen (secondary N) is 1. The summed E-state index contributed by atoms with van der Waals surface area (Å²) in [6.07, 6.45) is 2.79. The van der Waals surface area contributed by atoms with Crippen molar-refractivity contribution in [3.8, 4) is 0 Å². The molecule has 7 heteroatoms. The zero-order valence-corrected chi connectivity index (χ0v) is 14.3. The van der Waals surface area contributed by atoms with Crippen molar-refractivity contribution in [2.45, 2.75) is 25.7 Å². The molecule has 0 radical (unpaired) electrons. The smallest absolute Gasteiger partial charge is 0.337 e. The molecule has 0 spiro atoms. The fraction of sp³-hybridized carbons (Fsp3) is 0.316. The highest BCUT2D eigenvalue weighted by Gasteiger charge is 2.44. The number of benzene rings is 1. The van der Waals surface area contributed by atoms with E-state index in [4.69, 9.17) is 14.2 Å². The number of carbonyl (C=O) groups excluding carboxylic acids is 3. The van der Waals surface area contributed by atoms with E-state index in [9.17, 15) is 14.4 Å². The number of hydrogen-bond donors (Lipinski definition) is 1. The number of cyclic esters (lactones) is 1. The van der Waals surface area contributed by atoms with Crippen molar-refractivity contribution in [1.29, 1.82) is 0 Å². The summed E-state index contributed by atoms with van der Waals surface area (Å²) in [7, 11) is 1.33. The van der Waals surface area contributed by atoms with E-state index in [1.807, 2.05) is 6.07 Å². The Balaban J connectivity index is 1.56. The fourth-order valence-electron chi connectivity index (χ4n) is 3.60. The van der Waals surface area contributed by atoms with Crippen LogP contribution in [0.4, 0.5) is 0 Å². The lowest BCUT2D eigenvalue weighted by molar-refractivity contribution is -0.152. The van der Waals surface area contributed by atoms with E-state index in [0.717, 1.165) is 11.1 Å². The van der Waals surface area contributed by atoms with Gasteiger partial charge >= 0.3 is 11.9 Å². The van der Waals surface area contributed by atoms with Crippen LogP contribution in [0.1, 0.15) is 34.5 Å². The third kappa shape index (κ3) is 2.56. The van der Waals surface area contributed by atoms with Crippen LogP contribution in [-0.2, 0) is 30.2 Å². The molecule has 0 saturated carbocycles. The monoisotopic (exact) mass is 355 g/mol. The second kappa shape index (κ2) is 6.01. The Morgan fingerprint density at radius 2 is 2.15 bits per heavy atom. The normalized spacial score (nSPS) is 27.5. The third-order valence-electron chi connectivity index (χ3n) is 4.95. The average molecular weight is 355 g/mol. The lowest BCUT2D eigenvalue weighted by Gasteiger charge is -2.11. The van der Waals surface area contributed by atoms with Crippen LogP contribution in [0.3, 0.4) is 0 Å². The van der Waals surface area contributed by atoms with Gasteiger partial charge in [-0.3, -0.25) is 4.79 Å². The maximum absolute atomic E-state index is 12.3. The first-order chi connectivity index (χ1) is 12.5. The van der Waals surface area contributed by atoms with Gasteiger partial charge in [-0.05, 0) is 36.6 Å². The molecule has 2 heterocycles. The average Bonchev–Trinajstić information content (AvgIpc) is 3.24. The molecule has 1 aromatic carbocycles. The molecule has 0 unspecified atom stereocenters. The predicted molar refractivity (Wildman–Crippen MR) is 88.7 cm³/mol. The van der Waals surface area contributed by atoms with Crippen molar-refractivity contribution in [2.75, 3.05) is 7.11 Å². The molecule has 1 aromatic rings. The Kier molecular flexibility index (Phi) is 3.79. The van der Waals surface area contributed by atoms with Gasteiger partial charge in [0, 0.05) is 17.6 Å². The number of hydrogen-bond acceptors (Lipinski definition) is 6. The van der Waals surface area contributed by atoms with Crippen molar-refractivity contribution in [3.63, 3.8) is 0 Å². The summed E-state index contributed by atoms with van der Waals surface area (Å²) in [5, 5.41) is 2.94. The van der Waals surface area contributed by atoms with Crippen LogP contribution < -0.4 is 5.32 Å². The zero-order chi connectivity index (χ0) is 18.4. The highest BCUT2D eigenvalue weighted by molar-refractivity contribution is 5.97. The fourth-order valence-corrected chi connectivity index (χ4v) is 3.60. The van der Waals surface area contributed by atoms with Gasteiger partial charge in [0.2, 0.25) is 0 Å². The molecular formula is C19H17NO6. The van der Waals surface area contributed by atoms with Gasteiger partial charge in [0.15, 0.2) is 0 Å². The minimum Gasteiger partial charge on any atom is -0.465 e. The maximum Gasteiger partial charge on any atom is 0.337 e. The van der Waals surface area contributed by atoms with Crippen molar-refractivity contribution < 1.29 is 28.6 Å². The number of methoxy groups -OCH3 is 1. The minimum absolute atomic E-state index is 0.0902. The lowest BCUT2D eigenvalue weighted by atomic mass is 9.97. The molecule has 7 nitrogen and oxygen atoms in total. The van der Waals surface area contributed by atoms with Gasteiger partial charge in [-0.25, -0.2) is 9.59 Å². The molecule has 26 heavy (non-hydrogen) atoms. The van der Waals surface area contributed by atoms with Crippen LogP contribution in [0.25, 0.3) is 0 Å².